The zero-order valence-corrected chi connectivity index (χ0v) is 20.0. The number of aromatic nitrogens is 5. The van der Waals surface area contributed by atoms with Crippen LogP contribution in [0.3, 0.4) is 0 Å². The van der Waals surface area contributed by atoms with Gasteiger partial charge in [-0.2, -0.15) is 20.1 Å². The van der Waals surface area contributed by atoms with Crippen LogP contribution in [-0.4, -0.2) is 70.3 Å². The lowest BCUT2D eigenvalue weighted by Gasteiger charge is -2.27. The number of aliphatic hydroxyl groups excluding tert-OH is 1. The van der Waals surface area contributed by atoms with Gasteiger partial charge in [-0.1, -0.05) is 12.1 Å². The van der Waals surface area contributed by atoms with Gasteiger partial charge in [0.05, 0.1) is 39.8 Å². The van der Waals surface area contributed by atoms with Gasteiger partial charge >= 0.3 is 6.01 Å². The summed E-state index contributed by atoms with van der Waals surface area (Å²) in [5, 5.41) is 16.8. The van der Waals surface area contributed by atoms with Crippen molar-refractivity contribution in [3.8, 4) is 23.2 Å². The largest absolute Gasteiger partial charge is 0.496 e. The van der Waals surface area contributed by atoms with Gasteiger partial charge in [-0.15, -0.1) is 0 Å². The number of methoxy groups -OCH3 is 1. The summed E-state index contributed by atoms with van der Waals surface area (Å²) in [5.74, 6) is 2.48. The fourth-order valence-electron chi connectivity index (χ4n) is 3.94. The van der Waals surface area contributed by atoms with E-state index < -0.39 is 0 Å². The molecular weight excluding hydrogens is 464 g/mol. The van der Waals surface area contributed by atoms with Crippen molar-refractivity contribution >= 4 is 5.95 Å². The molecule has 0 spiro atoms. The first-order valence-electron chi connectivity index (χ1n) is 11.8. The van der Waals surface area contributed by atoms with Gasteiger partial charge in [0.2, 0.25) is 5.95 Å². The van der Waals surface area contributed by atoms with Gasteiger partial charge in [-0.05, 0) is 29.8 Å². The number of nitrogens with one attached hydrogen (secondary N) is 1. The Kier molecular flexibility index (Phi) is 7.39. The van der Waals surface area contributed by atoms with Crippen LogP contribution in [0.5, 0.6) is 11.8 Å². The van der Waals surface area contributed by atoms with Gasteiger partial charge in [-0.3, -0.25) is 5.10 Å². The number of morpholine rings is 1. The minimum Gasteiger partial charge on any atom is -0.496 e. The molecular formula is C25H28N6O5. The average molecular weight is 493 g/mol. The Hall–Kier alpha value is -3.96. The molecule has 0 amide bonds. The smallest absolute Gasteiger partial charge is 0.321 e. The number of H-pyrrole nitrogens is 1. The predicted molar refractivity (Wildman–Crippen MR) is 130 cm³/mol. The minimum absolute atomic E-state index is 0.0722. The SMILES string of the molecule is COc1cc(CCOc2nc(Cc3cc(-c4ccco4)n[nH]3)nc(N3CCOCC3)n2)ccc1CO. The molecule has 36 heavy (non-hydrogen) atoms. The molecule has 1 fully saturated rings. The zero-order chi connectivity index (χ0) is 24.7. The molecule has 0 radical (unpaired) electrons. The quantitative estimate of drug-likeness (QED) is 0.340. The van der Waals surface area contributed by atoms with E-state index in [1.165, 1.54) is 0 Å². The molecule has 1 aliphatic rings. The van der Waals surface area contributed by atoms with Gasteiger partial charge in [0, 0.05) is 37.2 Å². The lowest BCUT2D eigenvalue weighted by Crippen LogP contribution is -2.37. The summed E-state index contributed by atoms with van der Waals surface area (Å²) in [7, 11) is 1.59. The molecule has 11 nitrogen and oxygen atoms in total. The lowest BCUT2D eigenvalue weighted by molar-refractivity contribution is 0.122. The van der Waals surface area contributed by atoms with Gasteiger partial charge in [0.1, 0.15) is 17.3 Å². The first-order valence-corrected chi connectivity index (χ1v) is 11.8. The van der Waals surface area contributed by atoms with Crippen LogP contribution in [0.4, 0.5) is 5.95 Å². The van der Waals surface area contributed by atoms with E-state index in [9.17, 15) is 5.11 Å². The predicted octanol–water partition coefficient (Wildman–Crippen LogP) is 2.40. The second-order valence-corrected chi connectivity index (χ2v) is 8.27. The zero-order valence-electron chi connectivity index (χ0n) is 20.0. The second-order valence-electron chi connectivity index (χ2n) is 8.27. The van der Waals surface area contributed by atoms with E-state index in [2.05, 4.69) is 30.0 Å². The van der Waals surface area contributed by atoms with Crippen molar-refractivity contribution in [2.24, 2.45) is 0 Å². The van der Waals surface area contributed by atoms with Crippen molar-refractivity contribution in [3.05, 3.63) is 65.3 Å². The number of nitrogens with zero attached hydrogens (tertiary/aromatic N) is 5. The third-order valence-electron chi connectivity index (χ3n) is 5.84. The molecule has 5 rings (SSSR count). The number of aliphatic hydroxyl groups is 1. The normalized spacial score (nSPS) is 13.7. The third kappa shape index (κ3) is 5.64. The number of rotatable bonds is 10. The Labute approximate surface area is 208 Å². The molecule has 0 bridgehead atoms. The number of anilines is 1. The fraction of sp³-hybridized carbons (Fsp3) is 0.360. The summed E-state index contributed by atoms with van der Waals surface area (Å²) in [6.07, 6.45) is 2.68. The van der Waals surface area contributed by atoms with Crippen molar-refractivity contribution in [3.63, 3.8) is 0 Å². The van der Waals surface area contributed by atoms with E-state index in [1.54, 1.807) is 13.4 Å². The van der Waals surface area contributed by atoms with Crippen LogP contribution in [0, 0.1) is 0 Å². The molecule has 0 saturated carbocycles. The topological polar surface area (TPSA) is 132 Å². The number of furan rings is 1. The number of aromatic amines is 1. The fourth-order valence-corrected chi connectivity index (χ4v) is 3.94. The van der Waals surface area contributed by atoms with Crippen molar-refractivity contribution in [1.82, 2.24) is 25.1 Å². The van der Waals surface area contributed by atoms with Crippen molar-refractivity contribution in [2.75, 3.05) is 44.9 Å². The van der Waals surface area contributed by atoms with Crippen LogP contribution in [0.15, 0.2) is 47.1 Å². The molecule has 0 aliphatic carbocycles. The van der Waals surface area contributed by atoms with Crippen molar-refractivity contribution in [1.29, 1.82) is 0 Å². The number of benzene rings is 1. The Balaban J connectivity index is 1.31. The molecule has 4 heterocycles. The maximum Gasteiger partial charge on any atom is 0.321 e. The van der Waals surface area contributed by atoms with Crippen LogP contribution in [0.25, 0.3) is 11.5 Å². The highest BCUT2D eigenvalue weighted by atomic mass is 16.5. The number of hydrogen-bond donors (Lipinski definition) is 2. The summed E-state index contributed by atoms with van der Waals surface area (Å²) in [6, 6.07) is 11.6. The minimum atomic E-state index is -0.0722. The molecule has 4 aromatic rings. The lowest BCUT2D eigenvalue weighted by atomic mass is 10.1. The van der Waals surface area contributed by atoms with E-state index >= 15 is 0 Å². The maximum absolute atomic E-state index is 9.43. The first-order chi connectivity index (χ1) is 17.7. The van der Waals surface area contributed by atoms with E-state index in [-0.39, 0.29) is 12.6 Å². The molecule has 1 aromatic carbocycles. The Morgan fingerprint density at radius 1 is 1.11 bits per heavy atom. The molecule has 2 N–H and O–H groups in total. The highest BCUT2D eigenvalue weighted by molar-refractivity contribution is 5.52. The van der Waals surface area contributed by atoms with Crippen LogP contribution in [0.2, 0.25) is 0 Å². The van der Waals surface area contributed by atoms with E-state index in [0.717, 1.165) is 22.5 Å². The molecule has 0 atom stereocenters. The molecule has 3 aromatic heterocycles. The average Bonchev–Trinajstić information content (AvgIpc) is 3.61. The van der Waals surface area contributed by atoms with Crippen LogP contribution >= 0.6 is 0 Å². The summed E-state index contributed by atoms with van der Waals surface area (Å²) in [6.45, 7) is 2.95. The Morgan fingerprint density at radius 2 is 2.00 bits per heavy atom. The molecule has 0 unspecified atom stereocenters. The Morgan fingerprint density at radius 3 is 2.78 bits per heavy atom. The number of ether oxygens (including phenoxy) is 3. The van der Waals surface area contributed by atoms with Crippen molar-refractivity contribution in [2.45, 2.75) is 19.4 Å². The highest BCUT2D eigenvalue weighted by Crippen LogP contribution is 2.22. The molecule has 1 aliphatic heterocycles. The van der Waals surface area contributed by atoms with E-state index in [4.69, 9.17) is 18.6 Å². The first kappa shape index (κ1) is 23.8. The summed E-state index contributed by atoms with van der Waals surface area (Å²) in [5.41, 5.74) is 3.34. The van der Waals surface area contributed by atoms with E-state index in [1.807, 2.05) is 36.4 Å². The molecule has 11 heteroatoms. The van der Waals surface area contributed by atoms with Crippen LogP contribution in [-0.2, 0) is 24.2 Å². The van der Waals surface area contributed by atoms with Crippen molar-refractivity contribution < 1.29 is 23.7 Å². The number of hydrogen-bond acceptors (Lipinski definition) is 10. The summed E-state index contributed by atoms with van der Waals surface area (Å²) >= 11 is 0. The third-order valence-corrected chi connectivity index (χ3v) is 5.84. The van der Waals surface area contributed by atoms with Gasteiger partial charge in [0.15, 0.2) is 5.76 Å². The molecule has 188 valence electrons. The summed E-state index contributed by atoms with van der Waals surface area (Å²) < 4.78 is 22.2. The second kappa shape index (κ2) is 11.2. The van der Waals surface area contributed by atoms with Crippen LogP contribution in [0.1, 0.15) is 22.6 Å². The van der Waals surface area contributed by atoms with Gasteiger partial charge in [-0.25, -0.2) is 0 Å². The maximum atomic E-state index is 9.43. The van der Waals surface area contributed by atoms with Gasteiger partial charge < -0.3 is 28.6 Å². The highest BCUT2D eigenvalue weighted by Gasteiger charge is 2.18. The standard InChI is InChI=1S/C25H28N6O5/c1-33-22-13-17(4-5-18(22)16-32)6-10-36-25-27-23(26-24(28-25)31-7-11-34-12-8-31)15-19-14-20(30-29-19)21-3-2-9-35-21/h2-5,9,13-14,32H,6-8,10-12,15-16H2,1H3,(H,29,30). The summed E-state index contributed by atoms with van der Waals surface area (Å²) in [4.78, 5) is 15.9. The van der Waals surface area contributed by atoms with Gasteiger partial charge in [0.25, 0.3) is 0 Å². The Bertz CT molecular complexity index is 1270. The molecule has 1 saturated heterocycles. The van der Waals surface area contributed by atoms with E-state index in [0.29, 0.717) is 69.0 Å². The monoisotopic (exact) mass is 492 g/mol. The van der Waals surface area contributed by atoms with Crippen LogP contribution < -0.4 is 14.4 Å².